The van der Waals surface area contributed by atoms with E-state index >= 15 is 0 Å². The van der Waals surface area contributed by atoms with Gasteiger partial charge in [-0.15, -0.1) is 0 Å². The highest BCUT2D eigenvalue weighted by Gasteiger charge is 2.35. The maximum atomic E-state index is 12.5. The lowest BCUT2D eigenvalue weighted by atomic mass is 10.00. The first-order valence-electron chi connectivity index (χ1n) is 6.83. The molecular weight excluding hydrogens is 292 g/mol. The molecule has 0 aliphatic carbocycles. The van der Waals surface area contributed by atoms with Crippen molar-refractivity contribution in [3.63, 3.8) is 0 Å². The number of carbonyl (C=O) groups is 2. The molecule has 0 radical (unpaired) electrons. The first-order chi connectivity index (χ1) is 9.93. The van der Waals surface area contributed by atoms with E-state index < -0.39 is 6.04 Å². The summed E-state index contributed by atoms with van der Waals surface area (Å²) >= 11 is 6.19. The zero-order valence-corrected chi connectivity index (χ0v) is 13.1. The van der Waals surface area contributed by atoms with Crippen LogP contribution in [0.2, 0.25) is 5.02 Å². The molecule has 1 N–H and O–H groups in total. The Morgan fingerprint density at radius 3 is 2.76 bits per heavy atom. The van der Waals surface area contributed by atoms with E-state index in [2.05, 4.69) is 5.32 Å². The summed E-state index contributed by atoms with van der Waals surface area (Å²) < 4.78 is 5.28. The SMILES string of the molecule is COc1cccc(Cl)c1CN1CC(=O)NC(C(C)C)C1=O. The van der Waals surface area contributed by atoms with Gasteiger partial charge in [-0.1, -0.05) is 31.5 Å². The molecule has 1 aromatic carbocycles. The van der Waals surface area contributed by atoms with Crippen LogP contribution in [0.5, 0.6) is 5.75 Å². The number of nitrogens with zero attached hydrogens (tertiary/aromatic N) is 1. The summed E-state index contributed by atoms with van der Waals surface area (Å²) in [7, 11) is 1.55. The molecule has 0 spiro atoms. The van der Waals surface area contributed by atoms with Crippen LogP contribution in [0.25, 0.3) is 0 Å². The molecule has 1 aliphatic rings. The van der Waals surface area contributed by atoms with E-state index in [-0.39, 0.29) is 30.8 Å². The Labute approximate surface area is 129 Å². The number of carbonyl (C=O) groups excluding carboxylic acids is 2. The molecule has 0 saturated carbocycles. The number of benzene rings is 1. The Bertz CT molecular complexity index is 560. The zero-order valence-electron chi connectivity index (χ0n) is 12.4. The summed E-state index contributed by atoms with van der Waals surface area (Å²) in [5.41, 5.74) is 0.715. The number of rotatable bonds is 4. The predicted molar refractivity (Wildman–Crippen MR) is 80.2 cm³/mol. The summed E-state index contributed by atoms with van der Waals surface area (Å²) in [6.45, 7) is 4.11. The fourth-order valence-corrected chi connectivity index (χ4v) is 2.61. The first kappa shape index (κ1) is 15.6. The van der Waals surface area contributed by atoms with Gasteiger partial charge in [0.1, 0.15) is 11.8 Å². The van der Waals surface area contributed by atoms with Crippen LogP contribution in [0.4, 0.5) is 0 Å². The van der Waals surface area contributed by atoms with Gasteiger partial charge in [0.05, 0.1) is 20.2 Å². The quantitative estimate of drug-likeness (QED) is 0.923. The Morgan fingerprint density at radius 1 is 1.43 bits per heavy atom. The van der Waals surface area contributed by atoms with Crippen molar-refractivity contribution in [1.82, 2.24) is 10.2 Å². The van der Waals surface area contributed by atoms with E-state index in [0.717, 1.165) is 0 Å². The first-order valence-corrected chi connectivity index (χ1v) is 7.21. The minimum atomic E-state index is -0.486. The average Bonchev–Trinajstić information content (AvgIpc) is 2.44. The van der Waals surface area contributed by atoms with Gasteiger partial charge in [-0.3, -0.25) is 9.59 Å². The summed E-state index contributed by atoms with van der Waals surface area (Å²) in [4.78, 5) is 25.8. The molecule has 1 atom stereocenters. The second kappa shape index (κ2) is 6.35. The maximum absolute atomic E-state index is 12.5. The normalized spacial score (nSPS) is 18.9. The molecule has 0 bridgehead atoms. The van der Waals surface area contributed by atoms with Gasteiger partial charge in [-0.25, -0.2) is 0 Å². The Hall–Kier alpha value is -1.75. The zero-order chi connectivity index (χ0) is 15.6. The van der Waals surface area contributed by atoms with Gasteiger partial charge in [0, 0.05) is 10.6 Å². The van der Waals surface area contributed by atoms with Crippen molar-refractivity contribution in [3.05, 3.63) is 28.8 Å². The van der Waals surface area contributed by atoms with Gasteiger partial charge in [0.25, 0.3) is 0 Å². The molecule has 21 heavy (non-hydrogen) atoms. The second-order valence-corrected chi connectivity index (χ2v) is 5.81. The maximum Gasteiger partial charge on any atom is 0.246 e. The van der Waals surface area contributed by atoms with Crippen LogP contribution in [-0.4, -0.2) is 36.4 Å². The van der Waals surface area contributed by atoms with Crippen molar-refractivity contribution in [2.75, 3.05) is 13.7 Å². The number of hydrogen-bond donors (Lipinski definition) is 1. The van der Waals surface area contributed by atoms with Crippen LogP contribution in [0.1, 0.15) is 19.4 Å². The Balaban J connectivity index is 2.26. The molecule has 1 aromatic rings. The molecule has 1 saturated heterocycles. The molecule has 0 aromatic heterocycles. The molecule has 6 heteroatoms. The lowest BCUT2D eigenvalue weighted by Crippen LogP contribution is -2.59. The number of amides is 2. The summed E-state index contributed by atoms with van der Waals surface area (Å²) in [6, 6.07) is 4.83. The number of halogens is 1. The largest absolute Gasteiger partial charge is 0.496 e. The van der Waals surface area contributed by atoms with Gasteiger partial charge in [0.15, 0.2) is 0 Å². The minimum absolute atomic E-state index is 0.0381. The van der Waals surface area contributed by atoms with Crippen LogP contribution in [0.3, 0.4) is 0 Å². The highest BCUT2D eigenvalue weighted by molar-refractivity contribution is 6.31. The van der Waals surface area contributed by atoms with E-state index in [1.54, 1.807) is 25.3 Å². The van der Waals surface area contributed by atoms with E-state index in [4.69, 9.17) is 16.3 Å². The van der Waals surface area contributed by atoms with E-state index in [1.165, 1.54) is 4.90 Å². The average molecular weight is 311 g/mol. The lowest BCUT2D eigenvalue weighted by Gasteiger charge is -2.34. The monoisotopic (exact) mass is 310 g/mol. The van der Waals surface area contributed by atoms with Crippen LogP contribution in [0, 0.1) is 5.92 Å². The summed E-state index contributed by atoms with van der Waals surface area (Å²) in [6.07, 6.45) is 0. The van der Waals surface area contributed by atoms with Crippen LogP contribution >= 0.6 is 11.6 Å². The Morgan fingerprint density at radius 2 is 2.14 bits per heavy atom. The van der Waals surface area contributed by atoms with Crippen molar-refractivity contribution in [2.45, 2.75) is 26.4 Å². The molecule has 2 amide bonds. The van der Waals surface area contributed by atoms with E-state index in [9.17, 15) is 9.59 Å². The third-order valence-electron chi connectivity index (χ3n) is 3.54. The number of nitrogens with one attached hydrogen (secondary N) is 1. The van der Waals surface area contributed by atoms with Crippen LogP contribution < -0.4 is 10.1 Å². The van der Waals surface area contributed by atoms with Crippen molar-refractivity contribution in [1.29, 1.82) is 0 Å². The fraction of sp³-hybridized carbons (Fsp3) is 0.467. The number of hydrogen-bond acceptors (Lipinski definition) is 3. The van der Waals surface area contributed by atoms with Crippen molar-refractivity contribution in [2.24, 2.45) is 5.92 Å². The third-order valence-corrected chi connectivity index (χ3v) is 3.89. The molecule has 1 fully saturated rings. The molecular formula is C15H19ClN2O3. The van der Waals surface area contributed by atoms with Crippen LogP contribution in [0.15, 0.2) is 18.2 Å². The molecule has 2 rings (SSSR count). The summed E-state index contributed by atoms with van der Waals surface area (Å²) in [5, 5.41) is 3.25. The smallest absolute Gasteiger partial charge is 0.246 e. The number of piperazine rings is 1. The highest BCUT2D eigenvalue weighted by atomic mass is 35.5. The molecule has 5 nitrogen and oxygen atoms in total. The van der Waals surface area contributed by atoms with Gasteiger partial charge in [0.2, 0.25) is 11.8 Å². The van der Waals surface area contributed by atoms with Gasteiger partial charge >= 0.3 is 0 Å². The highest BCUT2D eigenvalue weighted by Crippen LogP contribution is 2.28. The van der Waals surface area contributed by atoms with E-state index in [1.807, 2.05) is 13.8 Å². The number of ether oxygens (including phenoxy) is 1. The molecule has 114 valence electrons. The second-order valence-electron chi connectivity index (χ2n) is 5.40. The van der Waals surface area contributed by atoms with Crippen molar-refractivity contribution >= 4 is 23.4 Å². The van der Waals surface area contributed by atoms with Crippen molar-refractivity contribution in [3.8, 4) is 5.75 Å². The minimum Gasteiger partial charge on any atom is -0.496 e. The predicted octanol–water partition coefficient (Wildman–Crippen LogP) is 1.83. The molecule has 1 heterocycles. The summed E-state index contributed by atoms with van der Waals surface area (Å²) in [5.74, 6) is 0.408. The van der Waals surface area contributed by atoms with E-state index in [0.29, 0.717) is 16.3 Å². The molecule has 1 aliphatic heterocycles. The van der Waals surface area contributed by atoms with Gasteiger partial charge in [-0.05, 0) is 18.1 Å². The fourth-order valence-electron chi connectivity index (χ4n) is 2.39. The number of methoxy groups -OCH3 is 1. The van der Waals surface area contributed by atoms with Gasteiger partial charge in [-0.2, -0.15) is 0 Å². The van der Waals surface area contributed by atoms with Gasteiger partial charge < -0.3 is 15.0 Å². The molecule has 1 unspecified atom stereocenters. The standard InChI is InChI=1S/C15H19ClN2O3/c1-9(2)14-15(20)18(8-13(19)17-14)7-10-11(16)5-4-6-12(10)21-3/h4-6,9,14H,7-8H2,1-3H3,(H,17,19). The van der Waals surface area contributed by atoms with Crippen LogP contribution in [-0.2, 0) is 16.1 Å². The topological polar surface area (TPSA) is 58.6 Å². The Kier molecular flexibility index (Phi) is 4.73. The third kappa shape index (κ3) is 3.29. The van der Waals surface area contributed by atoms with Crippen molar-refractivity contribution < 1.29 is 14.3 Å². The lowest BCUT2D eigenvalue weighted by molar-refractivity contribution is -0.146.